The Morgan fingerprint density at radius 1 is 1.04 bits per heavy atom. The number of amides is 1. The predicted octanol–water partition coefficient (Wildman–Crippen LogP) is 1.75. The fraction of sp³-hybridized carbons (Fsp3) is 0.333. The second-order valence-electron chi connectivity index (χ2n) is 6.08. The molecule has 1 aromatic carbocycles. The van der Waals surface area contributed by atoms with Gasteiger partial charge in [0, 0.05) is 44.1 Å². The number of rotatable bonds is 3. The highest BCUT2D eigenvalue weighted by Gasteiger charge is 2.24. The average molecular weight is 340 g/mol. The van der Waals surface area contributed by atoms with Crippen molar-refractivity contribution in [3.8, 4) is 0 Å². The van der Waals surface area contributed by atoms with Crippen LogP contribution in [0.3, 0.4) is 0 Å². The molecule has 0 saturated carbocycles. The monoisotopic (exact) mass is 340 g/mol. The first-order valence-electron chi connectivity index (χ1n) is 8.13. The van der Waals surface area contributed by atoms with Gasteiger partial charge in [-0.05, 0) is 37.6 Å². The summed E-state index contributed by atoms with van der Waals surface area (Å²) in [6.45, 7) is 6.26. The number of piperazine rings is 1. The van der Waals surface area contributed by atoms with Crippen LogP contribution in [0.4, 0.5) is 5.82 Å². The number of hydrogen-bond acceptors (Lipinski definition) is 5. The number of carboxylic acids is 1. The standard InChI is InChI=1S/C18H20N4O3/c1-12-11-14(18(24)25)3-4-15(12)17(23)22-9-7-21(8-10-22)16-13(2)19-5-6-20-16/h3-6,11H,7-10H2,1-2H3,(H,24,25). The Balaban J connectivity index is 1.70. The van der Waals surface area contributed by atoms with Gasteiger partial charge >= 0.3 is 5.97 Å². The molecule has 130 valence electrons. The van der Waals surface area contributed by atoms with E-state index < -0.39 is 5.97 Å². The van der Waals surface area contributed by atoms with Gasteiger partial charge in [0.05, 0.1) is 11.3 Å². The van der Waals surface area contributed by atoms with Crippen LogP contribution in [0.2, 0.25) is 0 Å². The van der Waals surface area contributed by atoms with Crippen LogP contribution in [0.5, 0.6) is 0 Å². The van der Waals surface area contributed by atoms with Crippen LogP contribution in [-0.2, 0) is 0 Å². The number of carbonyl (C=O) groups excluding carboxylic acids is 1. The highest BCUT2D eigenvalue weighted by Crippen LogP contribution is 2.19. The third-order valence-corrected chi connectivity index (χ3v) is 4.43. The molecule has 0 spiro atoms. The minimum absolute atomic E-state index is 0.0649. The summed E-state index contributed by atoms with van der Waals surface area (Å²) in [6, 6.07) is 4.61. The average Bonchev–Trinajstić information content (AvgIpc) is 2.61. The van der Waals surface area contributed by atoms with Crippen molar-refractivity contribution in [3.63, 3.8) is 0 Å². The Labute approximate surface area is 145 Å². The first-order valence-corrected chi connectivity index (χ1v) is 8.13. The molecule has 3 rings (SSSR count). The number of nitrogens with zero attached hydrogens (tertiary/aromatic N) is 4. The number of anilines is 1. The predicted molar refractivity (Wildman–Crippen MR) is 93.0 cm³/mol. The topological polar surface area (TPSA) is 86.6 Å². The quantitative estimate of drug-likeness (QED) is 0.916. The van der Waals surface area contributed by atoms with Gasteiger partial charge in [0.1, 0.15) is 5.82 Å². The molecule has 1 N–H and O–H groups in total. The van der Waals surface area contributed by atoms with Gasteiger partial charge in [0.2, 0.25) is 0 Å². The van der Waals surface area contributed by atoms with Crippen molar-refractivity contribution < 1.29 is 14.7 Å². The van der Waals surface area contributed by atoms with E-state index in [9.17, 15) is 9.59 Å². The van der Waals surface area contributed by atoms with E-state index >= 15 is 0 Å². The third kappa shape index (κ3) is 3.45. The van der Waals surface area contributed by atoms with Gasteiger partial charge in [-0.3, -0.25) is 9.78 Å². The van der Waals surface area contributed by atoms with Crippen LogP contribution in [0.25, 0.3) is 0 Å². The Morgan fingerprint density at radius 3 is 2.32 bits per heavy atom. The van der Waals surface area contributed by atoms with E-state index in [0.717, 1.165) is 11.5 Å². The van der Waals surface area contributed by atoms with Crippen molar-refractivity contribution >= 4 is 17.7 Å². The Hall–Kier alpha value is -2.96. The minimum atomic E-state index is -0.991. The van der Waals surface area contributed by atoms with E-state index in [1.165, 1.54) is 12.1 Å². The van der Waals surface area contributed by atoms with E-state index in [0.29, 0.717) is 37.3 Å². The lowest BCUT2D eigenvalue weighted by Crippen LogP contribution is -2.49. The second-order valence-corrected chi connectivity index (χ2v) is 6.08. The molecule has 0 bridgehead atoms. The summed E-state index contributed by atoms with van der Waals surface area (Å²) in [4.78, 5) is 36.3. The number of aromatic nitrogens is 2. The molecule has 0 atom stereocenters. The first-order chi connectivity index (χ1) is 12.0. The van der Waals surface area contributed by atoms with E-state index in [-0.39, 0.29) is 11.5 Å². The van der Waals surface area contributed by atoms with Crippen LogP contribution in [0, 0.1) is 13.8 Å². The second kappa shape index (κ2) is 6.88. The van der Waals surface area contributed by atoms with Gasteiger partial charge in [-0.2, -0.15) is 0 Å². The summed E-state index contributed by atoms with van der Waals surface area (Å²) in [5.41, 5.74) is 2.30. The number of aryl methyl sites for hydroxylation is 2. The molecule has 1 saturated heterocycles. The summed E-state index contributed by atoms with van der Waals surface area (Å²) >= 11 is 0. The molecule has 0 radical (unpaired) electrons. The maximum absolute atomic E-state index is 12.7. The van der Waals surface area contributed by atoms with Gasteiger partial charge in [-0.15, -0.1) is 0 Å². The normalized spacial score (nSPS) is 14.5. The molecule has 0 unspecified atom stereocenters. The maximum atomic E-state index is 12.7. The molecular weight excluding hydrogens is 320 g/mol. The van der Waals surface area contributed by atoms with Crippen molar-refractivity contribution in [1.82, 2.24) is 14.9 Å². The van der Waals surface area contributed by atoms with Crippen molar-refractivity contribution in [2.75, 3.05) is 31.1 Å². The van der Waals surface area contributed by atoms with Crippen molar-refractivity contribution in [2.45, 2.75) is 13.8 Å². The summed E-state index contributed by atoms with van der Waals surface area (Å²) in [5, 5.41) is 9.04. The SMILES string of the molecule is Cc1cc(C(=O)O)ccc1C(=O)N1CCN(c2nccnc2C)CC1. The molecule has 2 aromatic rings. The van der Waals surface area contributed by atoms with Crippen molar-refractivity contribution in [3.05, 3.63) is 53.0 Å². The molecule has 0 aliphatic carbocycles. The molecule has 1 aromatic heterocycles. The Kier molecular flexibility index (Phi) is 4.65. The molecule has 1 fully saturated rings. The summed E-state index contributed by atoms with van der Waals surface area (Å²) in [7, 11) is 0. The number of hydrogen-bond donors (Lipinski definition) is 1. The van der Waals surface area contributed by atoms with Gasteiger partial charge in [-0.25, -0.2) is 9.78 Å². The highest BCUT2D eigenvalue weighted by molar-refractivity contribution is 5.97. The van der Waals surface area contributed by atoms with Crippen molar-refractivity contribution in [1.29, 1.82) is 0 Å². The highest BCUT2D eigenvalue weighted by atomic mass is 16.4. The van der Waals surface area contributed by atoms with Crippen LogP contribution in [0.1, 0.15) is 32.0 Å². The van der Waals surface area contributed by atoms with Crippen LogP contribution >= 0.6 is 0 Å². The summed E-state index contributed by atoms with van der Waals surface area (Å²) < 4.78 is 0. The number of carboxylic acid groups (broad SMARTS) is 1. The van der Waals surface area contributed by atoms with Crippen molar-refractivity contribution in [2.24, 2.45) is 0 Å². The molecule has 1 amide bonds. The smallest absolute Gasteiger partial charge is 0.335 e. The van der Waals surface area contributed by atoms with E-state index in [2.05, 4.69) is 14.9 Å². The minimum Gasteiger partial charge on any atom is -0.478 e. The van der Waals surface area contributed by atoms with Gasteiger partial charge in [-0.1, -0.05) is 0 Å². The van der Waals surface area contributed by atoms with Gasteiger partial charge in [0.15, 0.2) is 0 Å². The number of carbonyl (C=O) groups is 2. The first kappa shape index (κ1) is 16.9. The molecule has 1 aliphatic heterocycles. The lowest BCUT2D eigenvalue weighted by molar-refractivity contribution is 0.0693. The lowest BCUT2D eigenvalue weighted by Gasteiger charge is -2.36. The number of benzene rings is 1. The lowest BCUT2D eigenvalue weighted by atomic mass is 10.0. The van der Waals surface area contributed by atoms with Gasteiger partial charge < -0.3 is 14.9 Å². The largest absolute Gasteiger partial charge is 0.478 e. The van der Waals surface area contributed by atoms with E-state index in [4.69, 9.17) is 5.11 Å². The van der Waals surface area contributed by atoms with Gasteiger partial charge in [0.25, 0.3) is 5.91 Å². The summed E-state index contributed by atoms with van der Waals surface area (Å²) in [5.74, 6) is -0.198. The fourth-order valence-corrected chi connectivity index (χ4v) is 3.04. The van der Waals surface area contributed by atoms with Crippen LogP contribution < -0.4 is 4.90 Å². The fourth-order valence-electron chi connectivity index (χ4n) is 3.04. The zero-order chi connectivity index (χ0) is 18.0. The van der Waals surface area contributed by atoms with E-state index in [1.54, 1.807) is 30.3 Å². The zero-order valence-electron chi connectivity index (χ0n) is 14.3. The van der Waals surface area contributed by atoms with Crippen LogP contribution in [-0.4, -0.2) is 58.0 Å². The van der Waals surface area contributed by atoms with E-state index in [1.807, 2.05) is 6.92 Å². The number of aromatic carboxylic acids is 1. The molecule has 2 heterocycles. The molecule has 7 nitrogen and oxygen atoms in total. The third-order valence-electron chi connectivity index (χ3n) is 4.43. The van der Waals surface area contributed by atoms with Crippen LogP contribution in [0.15, 0.2) is 30.6 Å². The molecular formula is C18H20N4O3. The molecule has 25 heavy (non-hydrogen) atoms. The zero-order valence-corrected chi connectivity index (χ0v) is 14.3. The summed E-state index contributed by atoms with van der Waals surface area (Å²) in [6.07, 6.45) is 3.34. The Morgan fingerprint density at radius 2 is 1.72 bits per heavy atom. The maximum Gasteiger partial charge on any atom is 0.335 e. The Bertz CT molecular complexity index is 814. The molecule has 1 aliphatic rings. The molecule has 7 heteroatoms.